The lowest BCUT2D eigenvalue weighted by Crippen LogP contribution is -2.38. The third-order valence-electron chi connectivity index (χ3n) is 2.14. The second-order valence-electron chi connectivity index (χ2n) is 3.33. The van der Waals surface area contributed by atoms with Crippen LogP contribution in [-0.2, 0) is 9.59 Å². The normalized spacial score (nSPS) is 26.2. The third kappa shape index (κ3) is 2.02. The largest absolute Gasteiger partial charge is 0.327 e. The van der Waals surface area contributed by atoms with Crippen LogP contribution in [0.25, 0.3) is 0 Å². The van der Waals surface area contributed by atoms with Crippen LogP contribution in [0.1, 0.15) is 20.3 Å². The summed E-state index contributed by atoms with van der Waals surface area (Å²) in [6, 6.07) is -0.938. The van der Waals surface area contributed by atoms with E-state index in [0.29, 0.717) is 0 Å². The van der Waals surface area contributed by atoms with Gasteiger partial charge in [0.25, 0.3) is 5.92 Å². The van der Waals surface area contributed by atoms with E-state index in [1.54, 1.807) is 0 Å². The maximum Gasteiger partial charge on any atom is 0.267 e. The zero-order valence-corrected chi connectivity index (χ0v) is 7.51. The number of halogens is 2. The highest BCUT2D eigenvalue weighted by atomic mass is 19.3. The number of carbonyl (C=O) groups excluding carboxylic acids is 2. The molecule has 1 saturated heterocycles. The minimum absolute atomic E-state index is 0.382. The number of amides is 1. The van der Waals surface area contributed by atoms with Crippen molar-refractivity contribution in [2.75, 3.05) is 6.54 Å². The lowest BCUT2D eigenvalue weighted by molar-refractivity contribution is -0.135. The van der Waals surface area contributed by atoms with Crippen LogP contribution in [0.3, 0.4) is 0 Å². The van der Waals surface area contributed by atoms with E-state index < -0.39 is 30.8 Å². The monoisotopic (exact) mass is 191 g/mol. The highest BCUT2D eigenvalue weighted by Crippen LogP contribution is 2.32. The molecule has 3 nitrogen and oxygen atoms in total. The van der Waals surface area contributed by atoms with Gasteiger partial charge in [0.15, 0.2) is 5.78 Å². The molecule has 0 aliphatic carbocycles. The topological polar surface area (TPSA) is 37.4 Å². The second-order valence-corrected chi connectivity index (χ2v) is 3.33. The fourth-order valence-electron chi connectivity index (χ4n) is 1.51. The Hall–Kier alpha value is -1.00. The fourth-order valence-corrected chi connectivity index (χ4v) is 1.51. The average Bonchev–Trinajstić information content (AvgIpc) is 2.26. The van der Waals surface area contributed by atoms with E-state index in [9.17, 15) is 18.4 Å². The number of hydrogen-bond acceptors (Lipinski definition) is 2. The fraction of sp³-hybridized carbons (Fsp3) is 0.750. The van der Waals surface area contributed by atoms with Crippen LogP contribution in [0, 0.1) is 0 Å². The van der Waals surface area contributed by atoms with Gasteiger partial charge in [-0.15, -0.1) is 0 Å². The average molecular weight is 191 g/mol. The molecule has 1 heterocycles. The van der Waals surface area contributed by atoms with E-state index >= 15 is 0 Å². The molecule has 1 aliphatic heterocycles. The molecule has 74 valence electrons. The van der Waals surface area contributed by atoms with Crippen molar-refractivity contribution in [1.29, 1.82) is 0 Å². The van der Waals surface area contributed by atoms with Crippen LogP contribution >= 0.6 is 0 Å². The van der Waals surface area contributed by atoms with E-state index in [-0.39, 0.29) is 5.78 Å². The van der Waals surface area contributed by atoms with Crippen molar-refractivity contribution in [2.45, 2.75) is 32.2 Å². The van der Waals surface area contributed by atoms with E-state index in [1.807, 2.05) is 0 Å². The summed E-state index contributed by atoms with van der Waals surface area (Å²) < 4.78 is 25.6. The van der Waals surface area contributed by atoms with Crippen LogP contribution < -0.4 is 0 Å². The maximum absolute atomic E-state index is 12.8. The molecule has 0 aromatic carbocycles. The molecule has 13 heavy (non-hydrogen) atoms. The first kappa shape index (κ1) is 10.1. The Labute approximate surface area is 74.7 Å². The number of rotatable bonds is 1. The molecule has 1 unspecified atom stereocenters. The lowest BCUT2D eigenvalue weighted by atomic mass is 10.1. The highest BCUT2D eigenvalue weighted by Gasteiger charge is 2.47. The summed E-state index contributed by atoms with van der Waals surface area (Å²) in [6.45, 7) is 1.78. The Morgan fingerprint density at radius 1 is 1.38 bits per heavy atom. The predicted octanol–water partition coefficient (Wildman–Crippen LogP) is 0.832. The van der Waals surface area contributed by atoms with Gasteiger partial charge in [-0.1, -0.05) is 0 Å². The van der Waals surface area contributed by atoms with Crippen LogP contribution in [0.15, 0.2) is 0 Å². The van der Waals surface area contributed by atoms with Crippen molar-refractivity contribution in [3.63, 3.8) is 0 Å². The molecule has 0 N–H and O–H groups in total. The summed E-state index contributed by atoms with van der Waals surface area (Å²) in [5.41, 5.74) is 0. The Kier molecular flexibility index (Phi) is 2.36. The molecule has 1 aliphatic rings. The van der Waals surface area contributed by atoms with Gasteiger partial charge in [-0.3, -0.25) is 9.59 Å². The molecule has 5 heteroatoms. The van der Waals surface area contributed by atoms with Crippen LogP contribution in [0.4, 0.5) is 8.78 Å². The predicted molar refractivity (Wildman–Crippen MR) is 41.4 cm³/mol. The van der Waals surface area contributed by atoms with Gasteiger partial charge < -0.3 is 4.90 Å². The van der Waals surface area contributed by atoms with Crippen molar-refractivity contribution in [1.82, 2.24) is 4.90 Å². The Morgan fingerprint density at radius 2 is 1.92 bits per heavy atom. The summed E-state index contributed by atoms with van der Waals surface area (Å²) in [4.78, 5) is 22.7. The molecule has 1 fully saturated rings. The van der Waals surface area contributed by atoms with Crippen molar-refractivity contribution in [2.24, 2.45) is 0 Å². The van der Waals surface area contributed by atoms with Gasteiger partial charge in [0.2, 0.25) is 5.91 Å². The molecule has 0 spiro atoms. The zero-order valence-electron chi connectivity index (χ0n) is 7.51. The molecule has 0 saturated carbocycles. The smallest absolute Gasteiger partial charge is 0.267 e. The minimum atomic E-state index is -2.91. The summed E-state index contributed by atoms with van der Waals surface area (Å²) in [6.07, 6.45) is -0.540. The van der Waals surface area contributed by atoms with E-state index in [0.717, 1.165) is 4.90 Å². The lowest BCUT2D eigenvalue weighted by Gasteiger charge is -2.19. The van der Waals surface area contributed by atoms with Crippen LogP contribution in [0.5, 0.6) is 0 Å². The van der Waals surface area contributed by atoms with Crippen LogP contribution in [-0.4, -0.2) is 35.1 Å². The summed E-state index contributed by atoms with van der Waals surface area (Å²) >= 11 is 0. The number of likely N-dealkylation sites (tertiary alicyclic amines) is 1. The Morgan fingerprint density at radius 3 is 2.23 bits per heavy atom. The summed E-state index contributed by atoms with van der Waals surface area (Å²) in [7, 11) is 0. The van der Waals surface area contributed by atoms with E-state index in [2.05, 4.69) is 0 Å². The third-order valence-corrected chi connectivity index (χ3v) is 2.14. The number of ketones is 1. The SMILES string of the molecule is CC(=O)C1CC(F)(F)CN1C(C)=O. The summed E-state index contributed by atoms with van der Waals surface area (Å²) in [5, 5.41) is 0. The molecular formula is C8H11F2NO2. The van der Waals surface area contributed by atoms with Crippen LogP contribution in [0.2, 0.25) is 0 Å². The van der Waals surface area contributed by atoms with Crippen molar-refractivity contribution >= 4 is 11.7 Å². The first-order chi connectivity index (χ1) is 5.83. The molecule has 0 aromatic heterocycles. The van der Waals surface area contributed by atoms with Crippen molar-refractivity contribution in [3.8, 4) is 0 Å². The molecule has 1 rings (SSSR count). The van der Waals surface area contributed by atoms with Gasteiger partial charge >= 0.3 is 0 Å². The standard InChI is InChI=1S/C8H11F2NO2/c1-5(12)7-3-8(9,10)4-11(7)6(2)13/h7H,3-4H2,1-2H3. The van der Waals surface area contributed by atoms with Crippen molar-refractivity contribution < 1.29 is 18.4 Å². The number of Topliss-reactive ketones (excluding diaryl/α,β-unsaturated/α-hetero) is 1. The van der Waals surface area contributed by atoms with Gasteiger partial charge in [0, 0.05) is 13.3 Å². The van der Waals surface area contributed by atoms with E-state index in [4.69, 9.17) is 0 Å². The van der Waals surface area contributed by atoms with Gasteiger partial charge in [-0.2, -0.15) is 0 Å². The number of carbonyl (C=O) groups is 2. The Balaban J connectivity index is 2.83. The molecular weight excluding hydrogens is 180 g/mol. The first-order valence-corrected chi connectivity index (χ1v) is 3.99. The quantitative estimate of drug-likeness (QED) is 0.615. The molecule has 0 bridgehead atoms. The molecule has 0 radical (unpaired) electrons. The van der Waals surface area contributed by atoms with Gasteiger partial charge in [0.05, 0.1) is 12.6 Å². The highest BCUT2D eigenvalue weighted by molar-refractivity contribution is 5.87. The Bertz CT molecular complexity index is 229. The number of alkyl halides is 2. The molecule has 0 aromatic rings. The first-order valence-electron chi connectivity index (χ1n) is 3.99. The van der Waals surface area contributed by atoms with Gasteiger partial charge in [0.1, 0.15) is 0 Å². The zero-order chi connectivity index (χ0) is 10.2. The number of nitrogens with zero attached hydrogens (tertiary/aromatic N) is 1. The maximum atomic E-state index is 12.8. The molecule has 1 amide bonds. The minimum Gasteiger partial charge on any atom is -0.327 e. The van der Waals surface area contributed by atoms with Gasteiger partial charge in [-0.05, 0) is 6.92 Å². The van der Waals surface area contributed by atoms with Gasteiger partial charge in [-0.25, -0.2) is 8.78 Å². The number of hydrogen-bond donors (Lipinski definition) is 0. The summed E-state index contributed by atoms with van der Waals surface area (Å²) in [5.74, 6) is -3.77. The molecule has 1 atom stereocenters. The second kappa shape index (κ2) is 3.05. The van der Waals surface area contributed by atoms with Crippen molar-refractivity contribution in [3.05, 3.63) is 0 Å². The van der Waals surface area contributed by atoms with E-state index in [1.165, 1.54) is 13.8 Å².